The van der Waals surface area contributed by atoms with Gasteiger partial charge >= 0.3 is 0 Å². The van der Waals surface area contributed by atoms with Crippen LogP contribution in [0.2, 0.25) is 0 Å². The second kappa shape index (κ2) is 8.22. The van der Waals surface area contributed by atoms with Crippen molar-refractivity contribution in [3.05, 3.63) is 145 Å². The van der Waals surface area contributed by atoms with Gasteiger partial charge in [0, 0.05) is 32.9 Å². The fourth-order valence-corrected chi connectivity index (χ4v) is 5.47. The molecular weight excluding hydrogens is 460 g/mol. The summed E-state index contributed by atoms with van der Waals surface area (Å²) in [5.74, 6) is 0. The number of fused-ring (bicyclic) bond motifs is 6. The van der Waals surface area contributed by atoms with Gasteiger partial charge in [0.25, 0.3) is 0 Å². The molecule has 6 aromatic carbocycles. The van der Waals surface area contributed by atoms with E-state index < -0.39 is 12.1 Å². The van der Waals surface area contributed by atoms with E-state index in [0.29, 0.717) is 5.69 Å². The highest BCUT2D eigenvalue weighted by Crippen LogP contribution is 2.37. The third-order valence-corrected chi connectivity index (χ3v) is 7.18. The van der Waals surface area contributed by atoms with Crippen molar-refractivity contribution in [2.45, 2.75) is 0 Å². The van der Waals surface area contributed by atoms with Crippen LogP contribution >= 0.6 is 0 Å². The molecule has 0 aliphatic rings. The second-order valence-corrected chi connectivity index (χ2v) is 9.29. The monoisotopic (exact) mass is 491 g/mol. The molecule has 0 unspecified atom stereocenters. The van der Waals surface area contributed by atoms with Crippen LogP contribution in [0.5, 0.6) is 0 Å². The van der Waals surface area contributed by atoms with E-state index in [2.05, 4.69) is 0 Å². The summed E-state index contributed by atoms with van der Waals surface area (Å²) >= 11 is 0. The summed E-state index contributed by atoms with van der Waals surface area (Å²) in [6, 6.07) is 31.2. The minimum absolute atomic E-state index is 0.0438. The molecule has 2 heteroatoms. The highest BCUT2D eigenvalue weighted by atomic mass is 15.0. The molecule has 0 bridgehead atoms. The maximum absolute atomic E-state index is 9.69. The number of para-hydroxylation sites is 3. The molecule has 0 spiro atoms. The molecule has 0 radical (unpaired) electrons. The summed E-state index contributed by atoms with van der Waals surface area (Å²) in [5.41, 5.74) is 4.79. The van der Waals surface area contributed by atoms with Gasteiger partial charge in [0.2, 0.25) is 0 Å². The zero-order valence-electron chi connectivity index (χ0n) is 27.2. The average molecular weight is 492 g/mol. The van der Waals surface area contributed by atoms with E-state index in [1.807, 2.05) is 108 Å². The Morgan fingerprint density at radius 1 is 0.395 bits per heavy atom. The van der Waals surface area contributed by atoms with Crippen molar-refractivity contribution in [1.82, 2.24) is 9.13 Å². The first kappa shape index (κ1) is 15.2. The first-order chi connectivity index (χ1) is 21.8. The molecule has 0 amide bonds. The highest BCUT2D eigenvalue weighted by molar-refractivity contribution is 6.12. The van der Waals surface area contributed by atoms with Gasteiger partial charge in [-0.3, -0.25) is 0 Å². The molecule has 0 saturated heterocycles. The topological polar surface area (TPSA) is 9.86 Å². The Bertz CT molecular complexity index is 2440. The van der Waals surface area contributed by atoms with E-state index in [9.17, 15) is 4.11 Å². The van der Waals surface area contributed by atoms with Crippen molar-refractivity contribution in [1.29, 1.82) is 0 Å². The summed E-state index contributed by atoms with van der Waals surface area (Å²) in [5, 5.41) is 2.19. The van der Waals surface area contributed by atoms with Crippen LogP contribution in [-0.2, 0) is 0 Å². The first-order valence-corrected chi connectivity index (χ1v) is 12.5. The molecule has 0 aliphatic carbocycles. The number of nitrogens with zero attached hydrogens (tertiary/aromatic N) is 2. The number of hydrogen-bond donors (Lipinski definition) is 0. The number of benzene rings is 6. The van der Waals surface area contributed by atoms with E-state index in [-0.39, 0.29) is 57.7 Å². The maximum atomic E-state index is 9.69. The summed E-state index contributed by atoms with van der Waals surface area (Å²) in [7, 11) is 0. The summed E-state index contributed by atoms with van der Waals surface area (Å²) < 4.78 is 66.5. The van der Waals surface area contributed by atoms with Crippen molar-refractivity contribution >= 4 is 43.6 Å². The van der Waals surface area contributed by atoms with Crippen LogP contribution in [0.4, 0.5) is 0 Å². The Balaban J connectivity index is 1.55. The molecule has 0 atom stereocenters. The van der Waals surface area contributed by atoms with Crippen LogP contribution in [0.25, 0.3) is 66.1 Å². The number of rotatable bonds is 3. The third kappa shape index (κ3) is 3.07. The third-order valence-electron chi connectivity index (χ3n) is 7.18. The van der Waals surface area contributed by atoms with Crippen LogP contribution < -0.4 is 0 Å². The molecule has 8 aromatic rings. The van der Waals surface area contributed by atoms with Crippen molar-refractivity contribution in [2.24, 2.45) is 0 Å². The van der Waals surface area contributed by atoms with E-state index in [1.165, 1.54) is 0 Å². The molecule has 2 heterocycles. The molecule has 0 N–H and O–H groups in total. The van der Waals surface area contributed by atoms with Crippen LogP contribution in [0.3, 0.4) is 0 Å². The normalized spacial score (nSPS) is 14.3. The molecule has 0 saturated carbocycles. The molecule has 2 nitrogen and oxygen atoms in total. The maximum Gasteiger partial charge on any atom is 0.0667 e. The predicted molar refractivity (Wildman–Crippen MR) is 161 cm³/mol. The van der Waals surface area contributed by atoms with E-state index >= 15 is 0 Å². The smallest absolute Gasteiger partial charge is 0.0667 e. The van der Waals surface area contributed by atoms with Gasteiger partial charge in [-0.25, -0.2) is 0 Å². The lowest BCUT2D eigenvalue weighted by Gasteiger charge is -2.12. The van der Waals surface area contributed by atoms with Gasteiger partial charge in [0.05, 0.1) is 31.7 Å². The van der Waals surface area contributed by atoms with E-state index in [1.54, 1.807) is 4.57 Å². The summed E-state index contributed by atoms with van der Waals surface area (Å²) in [6.45, 7) is 0. The van der Waals surface area contributed by atoms with Crippen molar-refractivity contribution in [3.8, 4) is 22.5 Å². The molecule has 38 heavy (non-hydrogen) atoms. The Morgan fingerprint density at radius 2 is 0.974 bits per heavy atom. The zero-order valence-corrected chi connectivity index (χ0v) is 20.2. The lowest BCUT2D eigenvalue weighted by Crippen LogP contribution is -1.97. The summed E-state index contributed by atoms with van der Waals surface area (Å²) in [6.07, 6.45) is 0. The molecule has 178 valence electrons. The zero-order chi connectivity index (χ0) is 31.1. The van der Waals surface area contributed by atoms with Gasteiger partial charge in [-0.15, -0.1) is 0 Å². The van der Waals surface area contributed by atoms with Crippen LogP contribution in [0, 0.1) is 0 Å². The molecule has 0 fully saturated rings. The van der Waals surface area contributed by atoms with Crippen LogP contribution in [0.1, 0.15) is 9.60 Å². The predicted octanol–water partition coefficient (Wildman–Crippen LogP) is 9.55. The lowest BCUT2D eigenvalue weighted by atomic mass is 10.1. The minimum atomic E-state index is -0.421. The second-order valence-electron chi connectivity index (χ2n) is 9.29. The fourth-order valence-electron chi connectivity index (χ4n) is 5.47. The van der Waals surface area contributed by atoms with Gasteiger partial charge < -0.3 is 9.13 Å². The minimum Gasteiger partial charge on any atom is -0.309 e. The Morgan fingerprint density at radius 3 is 1.71 bits per heavy atom. The standard InChI is InChI=1S/C36H24N2/c1-2-10-25(11-3-1)26-18-20-27(21-19-26)37-33-15-7-6-14-31(33)32-23-22-28(24-36(32)37)38-34-16-8-4-12-29(34)30-13-5-9-17-35(30)38/h1-24H/i6D,7D,14D,15D,22D,23D,24D. The highest BCUT2D eigenvalue weighted by Gasteiger charge is 2.16. The van der Waals surface area contributed by atoms with Crippen molar-refractivity contribution in [3.63, 3.8) is 0 Å². The fraction of sp³-hybridized carbons (Fsp3) is 0. The van der Waals surface area contributed by atoms with Crippen LogP contribution in [-0.4, -0.2) is 9.13 Å². The number of hydrogen-bond acceptors (Lipinski definition) is 0. The van der Waals surface area contributed by atoms with Crippen LogP contribution in [0.15, 0.2) is 145 Å². The number of aromatic nitrogens is 2. The molecular formula is C36H24N2. The first-order valence-electron chi connectivity index (χ1n) is 16.0. The van der Waals surface area contributed by atoms with E-state index in [0.717, 1.165) is 32.9 Å². The average Bonchev–Trinajstić information content (AvgIpc) is 3.61. The van der Waals surface area contributed by atoms with Crippen molar-refractivity contribution in [2.75, 3.05) is 0 Å². The van der Waals surface area contributed by atoms with Gasteiger partial charge in [0.1, 0.15) is 0 Å². The summed E-state index contributed by atoms with van der Waals surface area (Å²) in [4.78, 5) is 0. The molecule has 8 rings (SSSR count). The quantitative estimate of drug-likeness (QED) is 0.233. The van der Waals surface area contributed by atoms with Gasteiger partial charge in [-0.2, -0.15) is 0 Å². The Hall–Kier alpha value is -5.08. The largest absolute Gasteiger partial charge is 0.309 e. The van der Waals surface area contributed by atoms with Gasteiger partial charge in [-0.05, 0) is 53.5 Å². The molecule has 0 aliphatic heterocycles. The molecule has 2 aromatic heterocycles. The Kier molecular flexibility index (Phi) is 3.30. The van der Waals surface area contributed by atoms with E-state index in [4.69, 9.17) is 5.48 Å². The van der Waals surface area contributed by atoms with Crippen molar-refractivity contribution < 1.29 is 9.60 Å². The van der Waals surface area contributed by atoms with Gasteiger partial charge in [0.15, 0.2) is 0 Å². The van der Waals surface area contributed by atoms with Gasteiger partial charge in [-0.1, -0.05) is 103 Å². The lowest BCUT2D eigenvalue weighted by molar-refractivity contribution is 1.15. The SMILES string of the molecule is [2H]c1c([2H])c([2H])c2c(c1[2H])c1c([2H])c([2H])c(-n3c4ccccc4c4ccccc43)c([2H])c1n2-c1ccc(-c2ccccc2)cc1. The Labute approximate surface area is 230 Å².